The first-order valence-corrected chi connectivity index (χ1v) is 6.10. The molecule has 0 radical (unpaired) electrons. The minimum atomic E-state index is 0.382. The van der Waals surface area contributed by atoms with Crippen molar-refractivity contribution in [2.24, 2.45) is 10.8 Å². The summed E-state index contributed by atoms with van der Waals surface area (Å²) in [5, 5.41) is 3.32. The Bertz CT molecular complexity index is 220. The highest BCUT2D eigenvalue weighted by molar-refractivity contribution is 5.79. The summed E-state index contributed by atoms with van der Waals surface area (Å²) in [6, 6.07) is 0.432. The third-order valence-electron chi connectivity index (χ3n) is 2.98. The highest BCUT2D eigenvalue weighted by atomic mass is 16.5. The maximum Gasteiger partial charge on any atom is 0.205 e. The average Bonchev–Trinajstić information content (AvgIpc) is 2.75. The molecule has 0 saturated heterocycles. The zero-order valence-corrected chi connectivity index (χ0v) is 10.3. The Morgan fingerprint density at radius 2 is 2.31 bits per heavy atom. The first kappa shape index (κ1) is 13.3. The van der Waals surface area contributed by atoms with Gasteiger partial charge < -0.3 is 10.1 Å². The largest absolute Gasteiger partial charge is 0.381 e. The van der Waals surface area contributed by atoms with Crippen molar-refractivity contribution in [3.8, 4) is 0 Å². The van der Waals surface area contributed by atoms with E-state index in [-0.39, 0.29) is 0 Å². The number of rotatable bonds is 5. The molecule has 5 nitrogen and oxygen atoms in total. The summed E-state index contributed by atoms with van der Waals surface area (Å²) < 4.78 is 5.32. The van der Waals surface area contributed by atoms with E-state index in [4.69, 9.17) is 10.6 Å². The van der Waals surface area contributed by atoms with Crippen LogP contribution in [0, 0.1) is 0 Å². The van der Waals surface area contributed by atoms with Gasteiger partial charge in [-0.3, -0.25) is 10.4 Å². The average molecular weight is 228 g/mol. The SMILES string of the molecule is CCCCN=C(NN)NC1CCC(OC)C1. The number of unbranched alkanes of at least 4 members (excludes halogenated alkanes) is 1. The predicted molar refractivity (Wildman–Crippen MR) is 66.1 cm³/mol. The minimum Gasteiger partial charge on any atom is -0.381 e. The first-order valence-electron chi connectivity index (χ1n) is 6.10. The fraction of sp³-hybridized carbons (Fsp3) is 0.909. The van der Waals surface area contributed by atoms with E-state index in [9.17, 15) is 0 Å². The zero-order chi connectivity index (χ0) is 11.8. The number of hydrogen-bond acceptors (Lipinski definition) is 3. The van der Waals surface area contributed by atoms with Gasteiger partial charge in [-0.05, 0) is 25.7 Å². The molecule has 0 aromatic carbocycles. The van der Waals surface area contributed by atoms with Crippen LogP contribution in [0.15, 0.2) is 4.99 Å². The summed E-state index contributed by atoms with van der Waals surface area (Å²) in [6.07, 6.45) is 5.89. The standard InChI is InChI=1S/C11H24N4O/c1-3-4-7-13-11(15-12)14-9-5-6-10(8-9)16-2/h9-10H,3-8,12H2,1-2H3,(H2,13,14,15). The molecular formula is C11H24N4O. The molecule has 1 aliphatic rings. The van der Waals surface area contributed by atoms with Gasteiger partial charge in [0.05, 0.1) is 6.10 Å². The van der Waals surface area contributed by atoms with Crippen molar-refractivity contribution in [3.05, 3.63) is 0 Å². The Kier molecular flexibility index (Phi) is 6.18. The molecule has 0 bridgehead atoms. The summed E-state index contributed by atoms with van der Waals surface area (Å²) in [7, 11) is 1.77. The van der Waals surface area contributed by atoms with Gasteiger partial charge in [0.1, 0.15) is 0 Å². The van der Waals surface area contributed by atoms with Gasteiger partial charge in [0.25, 0.3) is 0 Å². The van der Waals surface area contributed by atoms with Crippen LogP contribution in [0.25, 0.3) is 0 Å². The maximum absolute atomic E-state index is 5.43. The van der Waals surface area contributed by atoms with Crippen LogP contribution in [0.4, 0.5) is 0 Å². The monoisotopic (exact) mass is 228 g/mol. The highest BCUT2D eigenvalue weighted by Crippen LogP contribution is 2.21. The summed E-state index contributed by atoms with van der Waals surface area (Å²) in [5.74, 6) is 6.13. The molecule has 0 amide bonds. The van der Waals surface area contributed by atoms with Crippen molar-refractivity contribution in [2.45, 2.75) is 51.2 Å². The van der Waals surface area contributed by atoms with Crippen LogP contribution < -0.4 is 16.6 Å². The van der Waals surface area contributed by atoms with E-state index in [0.717, 1.165) is 38.6 Å². The van der Waals surface area contributed by atoms with E-state index < -0.39 is 0 Å². The first-order chi connectivity index (χ1) is 7.80. The van der Waals surface area contributed by atoms with E-state index in [2.05, 4.69) is 22.7 Å². The van der Waals surface area contributed by atoms with Gasteiger partial charge in [0.15, 0.2) is 0 Å². The van der Waals surface area contributed by atoms with Crippen LogP contribution in [0.1, 0.15) is 39.0 Å². The highest BCUT2D eigenvalue weighted by Gasteiger charge is 2.24. The fourth-order valence-corrected chi connectivity index (χ4v) is 1.96. The normalized spacial score (nSPS) is 25.8. The van der Waals surface area contributed by atoms with Crippen LogP contribution in [0.3, 0.4) is 0 Å². The number of ether oxygens (including phenoxy) is 1. The molecule has 0 aromatic rings. The predicted octanol–water partition coefficient (Wildman–Crippen LogP) is 0.763. The molecule has 1 saturated carbocycles. The van der Waals surface area contributed by atoms with Gasteiger partial charge in [-0.1, -0.05) is 13.3 Å². The lowest BCUT2D eigenvalue weighted by Crippen LogP contribution is -2.46. The quantitative estimate of drug-likeness (QED) is 0.214. The molecule has 1 rings (SSSR count). The smallest absolute Gasteiger partial charge is 0.205 e. The number of methoxy groups -OCH3 is 1. The van der Waals surface area contributed by atoms with E-state index in [1.807, 2.05) is 0 Å². The summed E-state index contributed by atoms with van der Waals surface area (Å²) in [6.45, 7) is 2.97. The fourth-order valence-electron chi connectivity index (χ4n) is 1.96. The van der Waals surface area contributed by atoms with Crippen LogP contribution >= 0.6 is 0 Å². The third kappa shape index (κ3) is 4.37. The van der Waals surface area contributed by atoms with Gasteiger partial charge in [0.2, 0.25) is 5.96 Å². The second kappa shape index (κ2) is 7.46. The minimum absolute atomic E-state index is 0.382. The third-order valence-corrected chi connectivity index (χ3v) is 2.98. The van der Waals surface area contributed by atoms with Crippen molar-refractivity contribution >= 4 is 5.96 Å². The van der Waals surface area contributed by atoms with Gasteiger partial charge in [-0.2, -0.15) is 0 Å². The Balaban J connectivity index is 2.30. The Hall–Kier alpha value is -0.810. The van der Waals surface area contributed by atoms with Crippen molar-refractivity contribution in [1.29, 1.82) is 0 Å². The maximum atomic E-state index is 5.43. The summed E-state index contributed by atoms with van der Waals surface area (Å²) >= 11 is 0. The van der Waals surface area contributed by atoms with Crippen molar-refractivity contribution in [3.63, 3.8) is 0 Å². The molecular weight excluding hydrogens is 204 g/mol. The molecule has 16 heavy (non-hydrogen) atoms. The number of hydrogen-bond donors (Lipinski definition) is 3. The number of nitrogens with two attached hydrogens (primary N) is 1. The van der Waals surface area contributed by atoms with Crippen molar-refractivity contribution in [1.82, 2.24) is 10.7 Å². The lowest BCUT2D eigenvalue weighted by Gasteiger charge is -2.15. The van der Waals surface area contributed by atoms with Crippen LogP contribution in [0.5, 0.6) is 0 Å². The van der Waals surface area contributed by atoms with E-state index >= 15 is 0 Å². The number of guanidine groups is 1. The molecule has 2 unspecified atom stereocenters. The summed E-state index contributed by atoms with van der Waals surface area (Å²) in [5.41, 5.74) is 2.62. The second-order valence-corrected chi connectivity index (χ2v) is 4.24. The van der Waals surface area contributed by atoms with Gasteiger partial charge in [-0.25, -0.2) is 5.84 Å². The van der Waals surface area contributed by atoms with Crippen molar-refractivity contribution in [2.75, 3.05) is 13.7 Å². The molecule has 4 N–H and O–H groups in total. The number of nitrogens with zero attached hydrogens (tertiary/aromatic N) is 1. The molecule has 1 fully saturated rings. The molecule has 0 aliphatic heterocycles. The van der Waals surface area contributed by atoms with Crippen molar-refractivity contribution < 1.29 is 4.74 Å². The topological polar surface area (TPSA) is 71.7 Å². The Labute approximate surface area is 97.8 Å². The summed E-state index contributed by atoms with van der Waals surface area (Å²) in [4.78, 5) is 4.37. The number of hydrazine groups is 1. The van der Waals surface area contributed by atoms with E-state index in [0.29, 0.717) is 18.1 Å². The Morgan fingerprint density at radius 1 is 1.50 bits per heavy atom. The molecule has 0 aromatic heterocycles. The van der Waals surface area contributed by atoms with Gasteiger partial charge in [0, 0.05) is 19.7 Å². The van der Waals surface area contributed by atoms with Crippen LogP contribution in [-0.4, -0.2) is 31.8 Å². The molecule has 0 heterocycles. The molecule has 2 atom stereocenters. The van der Waals surface area contributed by atoms with E-state index in [1.165, 1.54) is 0 Å². The molecule has 5 heteroatoms. The number of nitrogens with one attached hydrogen (secondary N) is 2. The Morgan fingerprint density at radius 3 is 2.88 bits per heavy atom. The lowest BCUT2D eigenvalue weighted by atomic mass is 10.2. The molecule has 1 aliphatic carbocycles. The van der Waals surface area contributed by atoms with Gasteiger partial charge >= 0.3 is 0 Å². The van der Waals surface area contributed by atoms with Crippen LogP contribution in [0.2, 0.25) is 0 Å². The number of aliphatic imine (C=N–C) groups is 1. The van der Waals surface area contributed by atoms with Gasteiger partial charge in [-0.15, -0.1) is 0 Å². The van der Waals surface area contributed by atoms with Crippen LogP contribution in [-0.2, 0) is 4.74 Å². The van der Waals surface area contributed by atoms with E-state index in [1.54, 1.807) is 7.11 Å². The lowest BCUT2D eigenvalue weighted by molar-refractivity contribution is 0.107. The zero-order valence-electron chi connectivity index (χ0n) is 10.3. The molecule has 0 spiro atoms. The second-order valence-electron chi connectivity index (χ2n) is 4.24. The molecule has 94 valence electrons.